The lowest BCUT2D eigenvalue weighted by molar-refractivity contribution is -0.0134. The molecule has 1 aliphatic heterocycles. The van der Waals surface area contributed by atoms with Crippen LogP contribution in [0.25, 0.3) is 0 Å². The number of anilines is 1. The third-order valence-corrected chi connectivity index (χ3v) is 3.55. The maximum Gasteiger partial charge on any atom is 0.322 e. The summed E-state index contributed by atoms with van der Waals surface area (Å²) in [6, 6.07) is 6.65. The molecule has 1 heterocycles. The molecular formula is C14H16ClN3O2. The summed E-state index contributed by atoms with van der Waals surface area (Å²) in [5, 5.41) is 12.1. The second-order valence-corrected chi connectivity index (χ2v) is 4.99. The van der Waals surface area contributed by atoms with Gasteiger partial charge in [0.1, 0.15) is 6.07 Å². The van der Waals surface area contributed by atoms with Crippen LogP contribution in [-0.2, 0) is 4.74 Å². The number of benzene rings is 1. The van der Waals surface area contributed by atoms with Gasteiger partial charge in [-0.3, -0.25) is 0 Å². The van der Waals surface area contributed by atoms with E-state index in [1.54, 1.807) is 23.1 Å². The number of nitriles is 1. The molecule has 5 nitrogen and oxygen atoms in total. The SMILES string of the molecule is CCC1CN(C(=O)Nc2ccc(Cl)c(C#N)c2)CCO1. The molecule has 1 fully saturated rings. The molecule has 0 saturated carbocycles. The third kappa shape index (κ3) is 3.41. The van der Waals surface area contributed by atoms with Crippen molar-refractivity contribution in [2.75, 3.05) is 25.0 Å². The van der Waals surface area contributed by atoms with Gasteiger partial charge in [0.15, 0.2) is 0 Å². The molecule has 1 aliphatic rings. The molecule has 1 unspecified atom stereocenters. The predicted octanol–water partition coefficient (Wildman–Crippen LogP) is 2.85. The lowest BCUT2D eigenvalue weighted by Crippen LogP contribution is -2.47. The Hall–Kier alpha value is -1.77. The van der Waals surface area contributed by atoms with Crippen molar-refractivity contribution in [3.63, 3.8) is 0 Å². The van der Waals surface area contributed by atoms with Crippen LogP contribution >= 0.6 is 11.6 Å². The number of hydrogen-bond donors (Lipinski definition) is 1. The van der Waals surface area contributed by atoms with E-state index in [4.69, 9.17) is 21.6 Å². The van der Waals surface area contributed by atoms with Crippen molar-refractivity contribution in [2.24, 2.45) is 0 Å². The van der Waals surface area contributed by atoms with E-state index in [-0.39, 0.29) is 12.1 Å². The summed E-state index contributed by atoms with van der Waals surface area (Å²) < 4.78 is 5.53. The minimum Gasteiger partial charge on any atom is -0.375 e. The van der Waals surface area contributed by atoms with Gasteiger partial charge in [-0.2, -0.15) is 5.26 Å². The molecule has 2 amide bonds. The number of nitrogens with zero attached hydrogens (tertiary/aromatic N) is 2. The summed E-state index contributed by atoms with van der Waals surface area (Å²) in [4.78, 5) is 13.9. The molecule has 20 heavy (non-hydrogen) atoms. The fourth-order valence-electron chi connectivity index (χ4n) is 2.04. The van der Waals surface area contributed by atoms with Crippen LogP contribution < -0.4 is 5.32 Å². The first kappa shape index (κ1) is 14.6. The molecule has 0 radical (unpaired) electrons. The number of urea groups is 1. The van der Waals surface area contributed by atoms with Gasteiger partial charge in [0.2, 0.25) is 0 Å². The van der Waals surface area contributed by atoms with Crippen LogP contribution in [0.2, 0.25) is 5.02 Å². The Labute approximate surface area is 123 Å². The number of amides is 2. The lowest BCUT2D eigenvalue weighted by Gasteiger charge is -2.32. The minimum absolute atomic E-state index is 0.0920. The molecule has 1 aromatic carbocycles. The zero-order chi connectivity index (χ0) is 14.5. The number of ether oxygens (including phenoxy) is 1. The largest absolute Gasteiger partial charge is 0.375 e. The van der Waals surface area contributed by atoms with Gasteiger partial charge < -0.3 is 15.0 Å². The fourth-order valence-corrected chi connectivity index (χ4v) is 2.20. The van der Waals surface area contributed by atoms with Gasteiger partial charge in [0, 0.05) is 18.8 Å². The Morgan fingerprint density at radius 1 is 1.65 bits per heavy atom. The van der Waals surface area contributed by atoms with Crippen LogP contribution in [-0.4, -0.2) is 36.7 Å². The molecule has 1 atom stereocenters. The summed E-state index contributed by atoms with van der Waals surface area (Å²) in [5.74, 6) is 0. The van der Waals surface area contributed by atoms with Crippen molar-refractivity contribution < 1.29 is 9.53 Å². The summed E-state index contributed by atoms with van der Waals surface area (Å²) in [7, 11) is 0. The second kappa shape index (κ2) is 6.60. The first-order valence-electron chi connectivity index (χ1n) is 6.51. The number of halogens is 1. The minimum atomic E-state index is -0.182. The maximum absolute atomic E-state index is 12.2. The molecular weight excluding hydrogens is 278 g/mol. The molecule has 1 aromatic rings. The summed E-state index contributed by atoms with van der Waals surface area (Å²) >= 11 is 5.86. The number of rotatable bonds is 2. The molecule has 0 spiro atoms. The molecule has 0 bridgehead atoms. The van der Waals surface area contributed by atoms with Crippen molar-refractivity contribution in [2.45, 2.75) is 19.4 Å². The van der Waals surface area contributed by atoms with Crippen molar-refractivity contribution >= 4 is 23.3 Å². The fraction of sp³-hybridized carbons (Fsp3) is 0.429. The Balaban J connectivity index is 2.02. The summed E-state index contributed by atoms with van der Waals surface area (Å²) in [5.41, 5.74) is 0.911. The number of carbonyl (C=O) groups excluding carboxylic acids is 1. The third-order valence-electron chi connectivity index (χ3n) is 3.22. The average molecular weight is 294 g/mol. The van der Waals surface area contributed by atoms with Gasteiger partial charge in [0.25, 0.3) is 0 Å². The normalized spacial score (nSPS) is 18.4. The molecule has 6 heteroatoms. The van der Waals surface area contributed by atoms with Crippen molar-refractivity contribution in [1.29, 1.82) is 5.26 Å². The second-order valence-electron chi connectivity index (χ2n) is 4.58. The van der Waals surface area contributed by atoms with Crippen molar-refractivity contribution in [3.05, 3.63) is 28.8 Å². The van der Waals surface area contributed by atoms with E-state index in [9.17, 15) is 4.79 Å². The quantitative estimate of drug-likeness (QED) is 0.912. The average Bonchev–Trinajstić information content (AvgIpc) is 2.49. The molecule has 106 valence electrons. The van der Waals surface area contributed by atoms with E-state index in [0.29, 0.717) is 36.0 Å². The molecule has 2 rings (SSSR count). The molecule has 1 N–H and O–H groups in total. The molecule has 0 aromatic heterocycles. The summed E-state index contributed by atoms with van der Waals surface area (Å²) in [6.45, 7) is 3.74. The van der Waals surface area contributed by atoms with E-state index < -0.39 is 0 Å². The van der Waals surface area contributed by atoms with E-state index in [1.165, 1.54) is 0 Å². The monoisotopic (exact) mass is 293 g/mol. The predicted molar refractivity (Wildman–Crippen MR) is 76.8 cm³/mol. The highest BCUT2D eigenvalue weighted by Crippen LogP contribution is 2.20. The van der Waals surface area contributed by atoms with Gasteiger partial charge in [-0.1, -0.05) is 18.5 Å². The smallest absolute Gasteiger partial charge is 0.322 e. The zero-order valence-electron chi connectivity index (χ0n) is 11.2. The van der Waals surface area contributed by atoms with Crippen molar-refractivity contribution in [3.8, 4) is 6.07 Å². The van der Waals surface area contributed by atoms with Gasteiger partial charge in [-0.05, 0) is 24.6 Å². The van der Waals surface area contributed by atoms with Crippen LogP contribution in [0.1, 0.15) is 18.9 Å². The highest BCUT2D eigenvalue weighted by Gasteiger charge is 2.23. The highest BCUT2D eigenvalue weighted by atomic mass is 35.5. The van der Waals surface area contributed by atoms with Crippen LogP contribution in [0, 0.1) is 11.3 Å². The van der Waals surface area contributed by atoms with Gasteiger partial charge in [-0.25, -0.2) is 4.79 Å². The van der Waals surface area contributed by atoms with Gasteiger partial charge >= 0.3 is 6.03 Å². The Morgan fingerprint density at radius 3 is 3.15 bits per heavy atom. The van der Waals surface area contributed by atoms with Crippen LogP contribution in [0.15, 0.2) is 18.2 Å². The van der Waals surface area contributed by atoms with E-state index >= 15 is 0 Å². The van der Waals surface area contributed by atoms with E-state index in [2.05, 4.69) is 5.32 Å². The first-order chi connectivity index (χ1) is 9.63. The highest BCUT2D eigenvalue weighted by molar-refractivity contribution is 6.31. The standard InChI is InChI=1S/C14H16ClN3O2/c1-2-12-9-18(5-6-20-12)14(19)17-11-3-4-13(15)10(7-11)8-16/h3-4,7,12H,2,5-6,9H2,1H3,(H,17,19). The van der Waals surface area contributed by atoms with E-state index in [0.717, 1.165) is 6.42 Å². The Kier molecular flexibility index (Phi) is 4.83. The van der Waals surface area contributed by atoms with Crippen molar-refractivity contribution in [1.82, 2.24) is 4.90 Å². The summed E-state index contributed by atoms with van der Waals surface area (Å²) in [6.07, 6.45) is 0.970. The van der Waals surface area contributed by atoms with Crippen LogP contribution in [0.5, 0.6) is 0 Å². The zero-order valence-corrected chi connectivity index (χ0v) is 12.0. The lowest BCUT2D eigenvalue weighted by atomic mass is 10.2. The number of carbonyl (C=O) groups is 1. The maximum atomic E-state index is 12.2. The number of hydrogen-bond acceptors (Lipinski definition) is 3. The Morgan fingerprint density at radius 2 is 2.45 bits per heavy atom. The molecule has 1 saturated heterocycles. The van der Waals surface area contributed by atoms with Crippen LogP contribution in [0.3, 0.4) is 0 Å². The van der Waals surface area contributed by atoms with Gasteiger partial charge in [-0.15, -0.1) is 0 Å². The van der Waals surface area contributed by atoms with Gasteiger partial charge in [0.05, 0.1) is 23.3 Å². The number of morpholine rings is 1. The Bertz CT molecular complexity index is 542. The topological polar surface area (TPSA) is 65.4 Å². The first-order valence-corrected chi connectivity index (χ1v) is 6.89. The number of nitrogens with one attached hydrogen (secondary N) is 1. The van der Waals surface area contributed by atoms with E-state index in [1.807, 2.05) is 13.0 Å². The molecule has 0 aliphatic carbocycles. The van der Waals surface area contributed by atoms with Crippen LogP contribution in [0.4, 0.5) is 10.5 Å².